The van der Waals surface area contributed by atoms with Gasteiger partial charge in [0, 0.05) is 5.69 Å². The van der Waals surface area contributed by atoms with Crippen LogP contribution in [0.1, 0.15) is 27.2 Å². The summed E-state index contributed by atoms with van der Waals surface area (Å²) in [5.41, 5.74) is 3.90. The lowest BCUT2D eigenvalue weighted by atomic mass is 10.1. The predicted octanol–water partition coefficient (Wildman–Crippen LogP) is 3.42. The summed E-state index contributed by atoms with van der Waals surface area (Å²) in [6, 6.07) is 14.4. The molecule has 0 spiro atoms. The van der Waals surface area contributed by atoms with E-state index < -0.39 is 5.91 Å². The Bertz CT molecular complexity index is 1050. The smallest absolute Gasteiger partial charge is 0.280 e. The molecular formula is C21H21N3O3. The quantitative estimate of drug-likeness (QED) is 0.771. The zero-order chi connectivity index (χ0) is 19.6. The lowest BCUT2D eigenvalue weighted by Gasteiger charge is -2.13. The van der Waals surface area contributed by atoms with Crippen molar-refractivity contribution >= 4 is 11.6 Å². The summed E-state index contributed by atoms with van der Waals surface area (Å²) in [7, 11) is 1.40. The van der Waals surface area contributed by atoms with E-state index >= 15 is 0 Å². The largest absolute Gasteiger partial charge is 0.494 e. The molecule has 0 unspecified atom stereocenters. The number of nitrogens with zero attached hydrogens (tertiary/aromatic N) is 2. The summed E-state index contributed by atoms with van der Waals surface area (Å²) in [6.07, 6.45) is 0. The Hall–Kier alpha value is -3.41. The van der Waals surface area contributed by atoms with E-state index in [4.69, 9.17) is 4.74 Å². The Balaban J connectivity index is 2.06. The molecule has 0 bridgehead atoms. The minimum atomic E-state index is -0.445. The molecule has 1 amide bonds. The third-order valence-electron chi connectivity index (χ3n) is 4.15. The van der Waals surface area contributed by atoms with E-state index in [9.17, 15) is 9.59 Å². The standard InChI is InChI=1S/C21H21N3O3/c1-13-9-14(2)11-16(10-13)22-21(26)20-18(27-4)12-19(25)24(23-20)17-8-6-5-7-15(17)3/h5-12H,1-4H3,(H,22,26). The molecule has 1 aromatic heterocycles. The van der Waals surface area contributed by atoms with Gasteiger partial charge in [0.2, 0.25) is 0 Å². The van der Waals surface area contributed by atoms with Crippen molar-refractivity contribution in [3.8, 4) is 11.4 Å². The summed E-state index contributed by atoms with van der Waals surface area (Å²) >= 11 is 0. The molecule has 0 saturated heterocycles. The first-order chi connectivity index (χ1) is 12.9. The van der Waals surface area contributed by atoms with E-state index in [0.717, 1.165) is 16.7 Å². The molecule has 0 aliphatic rings. The first-order valence-electron chi connectivity index (χ1n) is 8.53. The van der Waals surface area contributed by atoms with Crippen molar-refractivity contribution in [3.63, 3.8) is 0 Å². The second kappa shape index (κ2) is 7.45. The normalized spacial score (nSPS) is 10.5. The van der Waals surface area contributed by atoms with Crippen LogP contribution in [-0.4, -0.2) is 22.8 Å². The first kappa shape index (κ1) is 18.4. The highest BCUT2D eigenvalue weighted by Gasteiger charge is 2.19. The van der Waals surface area contributed by atoms with Gasteiger partial charge in [0.15, 0.2) is 11.4 Å². The van der Waals surface area contributed by atoms with Gasteiger partial charge in [0.25, 0.3) is 11.5 Å². The van der Waals surface area contributed by atoms with Gasteiger partial charge < -0.3 is 10.1 Å². The first-order valence-corrected chi connectivity index (χ1v) is 8.53. The molecule has 0 atom stereocenters. The molecule has 6 heteroatoms. The van der Waals surface area contributed by atoms with Crippen molar-refractivity contribution in [2.24, 2.45) is 0 Å². The van der Waals surface area contributed by atoms with Crippen LogP contribution < -0.4 is 15.6 Å². The number of para-hydroxylation sites is 1. The van der Waals surface area contributed by atoms with Crippen LogP contribution in [0.25, 0.3) is 5.69 Å². The molecule has 0 aliphatic heterocycles. The van der Waals surface area contributed by atoms with Crippen LogP contribution >= 0.6 is 0 Å². The number of amides is 1. The van der Waals surface area contributed by atoms with Gasteiger partial charge in [-0.05, 0) is 55.7 Å². The lowest BCUT2D eigenvalue weighted by Crippen LogP contribution is -2.26. The van der Waals surface area contributed by atoms with Gasteiger partial charge >= 0.3 is 0 Å². The summed E-state index contributed by atoms with van der Waals surface area (Å²) in [6.45, 7) is 5.79. The zero-order valence-electron chi connectivity index (χ0n) is 15.7. The van der Waals surface area contributed by atoms with Crippen LogP contribution in [0.5, 0.6) is 5.75 Å². The van der Waals surface area contributed by atoms with Crippen molar-refractivity contribution in [1.82, 2.24) is 9.78 Å². The molecule has 3 aromatic rings. The van der Waals surface area contributed by atoms with E-state index in [0.29, 0.717) is 11.4 Å². The molecular weight excluding hydrogens is 342 g/mol. The number of aromatic nitrogens is 2. The number of carbonyl (C=O) groups excluding carboxylic acids is 1. The number of methoxy groups -OCH3 is 1. The fourth-order valence-corrected chi connectivity index (χ4v) is 2.96. The molecule has 138 valence electrons. The van der Waals surface area contributed by atoms with Crippen molar-refractivity contribution in [1.29, 1.82) is 0 Å². The van der Waals surface area contributed by atoms with Gasteiger partial charge in [-0.1, -0.05) is 24.3 Å². The van der Waals surface area contributed by atoms with E-state index in [1.807, 2.05) is 57.2 Å². The third kappa shape index (κ3) is 3.89. The number of nitrogens with one attached hydrogen (secondary N) is 1. The van der Waals surface area contributed by atoms with E-state index in [-0.39, 0.29) is 17.0 Å². The molecule has 27 heavy (non-hydrogen) atoms. The topological polar surface area (TPSA) is 73.2 Å². The number of hydrogen-bond donors (Lipinski definition) is 1. The zero-order valence-corrected chi connectivity index (χ0v) is 15.7. The summed E-state index contributed by atoms with van der Waals surface area (Å²) in [4.78, 5) is 25.3. The van der Waals surface area contributed by atoms with E-state index in [1.165, 1.54) is 17.9 Å². The molecule has 6 nitrogen and oxygen atoms in total. The molecule has 2 aromatic carbocycles. The van der Waals surface area contributed by atoms with Crippen molar-refractivity contribution in [2.45, 2.75) is 20.8 Å². The molecule has 3 rings (SSSR count). The lowest BCUT2D eigenvalue weighted by molar-refractivity contribution is 0.101. The maximum atomic E-state index is 12.8. The minimum absolute atomic E-state index is 0.0412. The predicted molar refractivity (Wildman–Crippen MR) is 105 cm³/mol. The second-order valence-electron chi connectivity index (χ2n) is 6.43. The van der Waals surface area contributed by atoms with Crippen molar-refractivity contribution in [3.05, 3.63) is 81.3 Å². The number of carbonyl (C=O) groups is 1. The number of rotatable bonds is 4. The van der Waals surface area contributed by atoms with Crippen LogP contribution in [0, 0.1) is 20.8 Å². The second-order valence-corrected chi connectivity index (χ2v) is 6.43. The maximum absolute atomic E-state index is 12.8. The van der Waals surface area contributed by atoms with Crippen molar-refractivity contribution < 1.29 is 9.53 Å². The van der Waals surface area contributed by atoms with Gasteiger partial charge in [0.1, 0.15) is 0 Å². The van der Waals surface area contributed by atoms with E-state index in [2.05, 4.69) is 10.4 Å². The fourth-order valence-electron chi connectivity index (χ4n) is 2.96. The highest BCUT2D eigenvalue weighted by Crippen LogP contribution is 2.19. The van der Waals surface area contributed by atoms with Gasteiger partial charge in [-0.15, -0.1) is 0 Å². The number of hydrogen-bond acceptors (Lipinski definition) is 4. The molecule has 0 fully saturated rings. The SMILES string of the molecule is COc1cc(=O)n(-c2ccccc2C)nc1C(=O)Nc1cc(C)cc(C)c1. The van der Waals surface area contributed by atoms with Crippen LogP contribution in [0.2, 0.25) is 0 Å². The van der Waals surface area contributed by atoms with Crippen LogP contribution in [0.4, 0.5) is 5.69 Å². The Morgan fingerprint density at radius 2 is 1.70 bits per heavy atom. The van der Waals surface area contributed by atoms with Crippen LogP contribution in [0.3, 0.4) is 0 Å². The number of aryl methyl sites for hydroxylation is 3. The Kier molecular flexibility index (Phi) is 5.07. The third-order valence-corrected chi connectivity index (χ3v) is 4.15. The fraction of sp³-hybridized carbons (Fsp3) is 0.190. The van der Waals surface area contributed by atoms with E-state index in [1.54, 1.807) is 6.07 Å². The minimum Gasteiger partial charge on any atom is -0.494 e. The molecule has 1 N–H and O–H groups in total. The van der Waals surface area contributed by atoms with Gasteiger partial charge in [-0.2, -0.15) is 9.78 Å². The summed E-state index contributed by atoms with van der Waals surface area (Å²) < 4.78 is 6.43. The number of anilines is 1. The average molecular weight is 363 g/mol. The molecule has 0 saturated carbocycles. The number of ether oxygens (including phenoxy) is 1. The van der Waals surface area contributed by atoms with Crippen molar-refractivity contribution in [2.75, 3.05) is 12.4 Å². The molecule has 1 heterocycles. The van der Waals surface area contributed by atoms with Gasteiger partial charge in [0.05, 0.1) is 18.9 Å². The monoisotopic (exact) mass is 363 g/mol. The van der Waals surface area contributed by atoms with Gasteiger partial charge in [-0.3, -0.25) is 9.59 Å². The molecule has 0 aliphatic carbocycles. The summed E-state index contributed by atoms with van der Waals surface area (Å²) in [5, 5.41) is 7.11. The summed E-state index contributed by atoms with van der Waals surface area (Å²) in [5.74, 6) is -0.314. The average Bonchev–Trinajstić information content (AvgIpc) is 2.61. The van der Waals surface area contributed by atoms with Crippen LogP contribution in [-0.2, 0) is 0 Å². The van der Waals surface area contributed by atoms with Crippen LogP contribution in [0.15, 0.2) is 53.3 Å². The number of benzene rings is 2. The Labute approximate surface area is 157 Å². The molecule has 0 radical (unpaired) electrons. The highest BCUT2D eigenvalue weighted by molar-refractivity contribution is 6.04. The maximum Gasteiger partial charge on any atom is 0.280 e. The van der Waals surface area contributed by atoms with Gasteiger partial charge in [-0.25, -0.2) is 0 Å². The Morgan fingerprint density at radius 3 is 2.33 bits per heavy atom. The highest BCUT2D eigenvalue weighted by atomic mass is 16.5. The Morgan fingerprint density at radius 1 is 1.04 bits per heavy atom.